The summed E-state index contributed by atoms with van der Waals surface area (Å²) in [4.78, 5) is 13.2. The largest absolute Gasteiger partial charge is 0.401 e. The molecular formula is C13H17F3N2O. The molecule has 0 aliphatic heterocycles. The summed E-state index contributed by atoms with van der Waals surface area (Å²) in [5, 5.41) is 2.10. The van der Waals surface area contributed by atoms with Crippen molar-refractivity contribution in [2.75, 3.05) is 20.1 Å². The minimum absolute atomic E-state index is 0.179. The van der Waals surface area contributed by atoms with E-state index < -0.39 is 12.7 Å². The van der Waals surface area contributed by atoms with Crippen LogP contribution in [0.2, 0.25) is 0 Å². The molecule has 0 radical (unpaired) electrons. The van der Waals surface area contributed by atoms with Crippen LogP contribution in [0, 0.1) is 0 Å². The van der Waals surface area contributed by atoms with Gasteiger partial charge in [0.15, 0.2) is 0 Å². The number of benzene rings is 1. The lowest BCUT2D eigenvalue weighted by atomic mass is 10.1. The van der Waals surface area contributed by atoms with Gasteiger partial charge in [-0.25, -0.2) is 0 Å². The molecule has 6 heteroatoms. The molecule has 0 saturated heterocycles. The Kier molecular flexibility index (Phi) is 5.35. The maximum absolute atomic E-state index is 11.9. The Hall–Kier alpha value is -1.56. The lowest BCUT2D eigenvalue weighted by Crippen LogP contribution is -2.40. The smallest absolute Gasteiger partial charge is 0.338 e. The highest BCUT2D eigenvalue weighted by molar-refractivity contribution is 5.78. The van der Waals surface area contributed by atoms with Gasteiger partial charge in [-0.05, 0) is 12.5 Å². The van der Waals surface area contributed by atoms with Crippen molar-refractivity contribution in [2.24, 2.45) is 0 Å². The van der Waals surface area contributed by atoms with E-state index in [2.05, 4.69) is 5.32 Å². The van der Waals surface area contributed by atoms with Crippen LogP contribution in [-0.2, 0) is 4.79 Å². The van der Waals surface area contributed by atoms with Crippen LogP contribution in [0.15, 0.2) is 30.3 Å². The fourth-order valence-corrected chi connectivity index (χ4v) is 1.61. The number of likely N-dealkylation sites (N-methyl/N-ethyl adjacent to an activating group) is 1. The number of nitrogens with zero attached hydrogens (tertiary/aromatic N) is 1. The van der Waals surface area contributed by atoms with E-state index in [1.54, 1.807) is 7.05 Å². The topological polar surface area (TPSA) is 32.3 Å². The summed E-state index contributed by atoms with van der Waals surface area (Å²) in [6.07, 6.45) is -4.30. The second-order valence-electron chi connectivity index (χ2n) is 4.31. The number of carbonyl (C=O) groups is 1. The molecule has 0 fully saturated rings. The van der Waals surface area contributed by atoms with Crippen LogP contribution in [0.1, 0.15) is 18.5 Å². The van der Waals surface area contributed by atoms with E-state index in [4.69, 9.17) is 0 Å². The molecule has 1 aromatic rings. The van der Waals surface area contributed by atoms with Gasteiger partial charge in [-0.1, -0.05) is 30.3 Å². The summed E-state index contributed by atoms with van der Waals surface area (Å²) in [5.74, 6) is -0.374. The van der Waals surface area contributed by atoms with Crippen LogP contribution >= 0.6 is 0 Å². The van der Waals surface area contributed by atoms with Crippen molar-refractivity contribution in [3.8, 4) is 0 Å². The number of halogens is 3. The van der Waals surface area contributed by atoms with E-state index in [9.17, 15) is 18.0 Å². The second kappa shape index (κ2) is 6.56. The zero-order valence-corrected chi connectivity index (χ0v) is 10.9. The first-order valence-corrected chi connectivity index (χ1v) is 5.89. The molecule has 0 aliphatic carbocycles. The summed E-state index contributed by atoms with van der Waals surface area (Å²) in [6.45, 7) is 0.344. The maximum Gasteiger partial charge on any atom is 0.401 e. The predicted molar refractivity (Wildman–Crippen MR) is 66.6 cm³/mol. The lowest BCUT2D eigenvalue weighted by Gasteiger charge is -2.25. The molecule has 19 heavy (non-hydrogen) atoms. The normalized spacial score (nSPS) is 13.1. The number of carbonyl (C=O) groups excluding carboxylic acids is 1. The predicted octanol–water partition coefficient (Wildman–Crippen LogP) is 2.36. The van der Waals surface area contributed by atoms with E-state index in [1.165, 1.54) is 4.90 Å². The van der Waals surface area contributed by atoms with Crippen LogP contribution in [0.4, 0.5) is 13.2 Å². The first-order valence-electron chi connectivity index (χ1n) is 5.89. The molecule has 3 nitrogen and oxygen atoms in total. The molecule has 0 bridgehead atoms. The van der Waals surface area contributed by atoms with Gasteiger partial charge >= 0.3 is 6.18 Å². The Bertz CT molecular complexity index is 406. The SMILES string of the molecule is CC(c1ccccc1)N(C)C(=O)CNCC(F)(F)F. The number of alkyl halides is 3. The van der Waals surface area contributed by atoms with Gasteiger partial charge in [0.05, 0.1) is 19.1 Å². The van der Waals surface area contributed by atoms with Crippen LogP contribution < -0.4 is 5.32 Å². The molecule has 0 aliphatic rings. The second-order valence-corrected chi connectivity index (χ2v) is 4.31. The van der Waals surface area contributed by atoms with E-state index in [0.29, 0.717) is 0 Å². The average Bonchev–Trinajstić information content (AvgIpc) is 2.36. The summed E-state index contributed by atoms with van der Waals surface area (Å²) in [5.41, 5.74) is 0.939. The van der Waals surface area contributed by atoms with E-state index in [-0.39, 0.29) is 18.5 Å². The van der Waals surface area contributed by atoms with Crippen molar-refractivity contribution in [3.63, 3.8) is 0 Å². The minimum atomic E-state index is -4.30. The van der Waals surface area contributed by atoms with Gasteiger partial charge < -0.3 is 10.2 Å². The molecule has 1 aromatic carbocycles. The van der Waals surface area contributed by atoms with Crippen molar-refractivity contribution < 1.29 is 18.0 Å². The van der Waals surface area contributed by atoms with Gasteiger partial charge in [0.25, 0.3) is 0 Å². The summed E-state index contributed by atoms with van der Waals surface area (Å²) in [7, 11) is 1.58. The molecule has 1 rings (SSSR count). The van der Waals surface area contributed by atoms with Gasteiger partial charge in [0.1, 0.15) is 0 Å². The zero-order chi connectivity index (χ0) is 14.5. The third-order valence-electron chi connectivity index (χ3n) is 2.86. The Balaban J connectivity index is 2.48. The molecule has 106 valence electrons. The molecule has 1 N–H and O–H groups in total. The molecule has 1 unspecified atom stereocenters. The fraction of sp³-hybridized carbons (Fsp3) is 0.462. The monoisotopic (exact) mass is 274 g/mol. The fourth-order valence-electron chi connectivity index (χ4n) is 1.61. The minimum Gasteiger partial charge on any atom is -0.338 e. The summed E-state index contributed by atoms with van der Waals surface area (Å²) >= 11 is 0. The molecule has 0 spiro atoms. The zero-order valence-electron chi connectivity index (χ0n) is 10.9. The van der Waals surface area contributed by atoms with E-state index in [1.807, 2.05) is 37.3 Å². The first kappa shape index (κ1) is 15.5. The number of hydrogen-bond donors (Lipinski definition) is 1. The first-order chi connectivity index (χ1) is 8.81. The van der Waals surface area contributed by atoms with Gasteiger partial charge in [0.2, 0.25) is 5.91 Å². The number of nitrogens with one attached hydrogen (secondary N) is 1. The molecule has 1 amide bonds. The Labute approximate surface area is 110 Å². The van der Waals surface area contributed by atoms with Crippen molar-refractivity contribution in [3.05, 3.63) is 35.9 Å². The van der Waals surface area contributed by atoms with Gasteiger partial charge in [-0.15, -0.1) is 0 Å². The van der Waals surface area contributed by atoms with Crippen LogP contribution in [0.5, 0.6) is 0 Å². The molecule has 0 saturated carbocycles. The maximum atomic E-state index is 11.9. The Morgan fingerprint density at radius 2 is 1.89 bits per heavy atom. The summed E-state index contributed by atoms with van der Waals surface area (Å²) in [6, 6.07) is 9.14. The lowest BCUT2D eigenvalue weighted by molar-refractivity contribution is -0.134. The highest BCUT2D eigenvalue weighted by Gasteiger charge is 2.27. The molecular weight excluding hydrogens is 257 g/mol. The Morgan fingerprint density at radius 3 is 2.42 bits per heavy atom. The molecule has 0 heterocycles. The standard InChI is InChI=1S/C13H17F3N2O/c1-10(11-6-4-3-5-7-11)18(2)12(19)8-17-9-13(14,15)16/h3-7,10,17H,8-9H2,1-2H3. The van der Waals surface area contributed by atoms with Crippen molar-refractivity contribution in [1.82, 2.24) is 10.2 Å². The molecule has 0 aromatic heterocycles. The van der Waals surface area contributed by atoms with Gasteiger partial charge in [-0.2, -0.15) is 13.2 Å². The molecule has 1 atom stereocenters. The highest BCUT2D eigenvalue weighted by Crippen LogP contribution is 2.18. The average molecular weight is 274 g/mol. The van der Waals surface area contributed by atoms with Gasteiger partial charge in [0, 0.05) is 7.05 Å². The summed E-state index contributed by atoms with van der Waals surface area (Å²) < 4.78 is 35.8. The van der Waals surface area contributed by atoms with Crippen molar-refractivity contribution in [1.29, 1.82) is 0 Å². The number of amides is 1. The third-order valence-corrected chi connectivity index (χ3v) is 2.86. The van der Waals surface area contributed by atoms with Crippen LogP contribution in [0.25, 0.3) is 0 Å². The van der Waals surface area contributed by atoms with Crippen molar-refractivity contribution >= 4 is 5.91 Å². The van der Waals surface area contributed by atoms with E-state index >= 15 is 0 Å². The quantitative estimate of drug-likeness (QED) is 0.894. The number of hydrogen-bond acceptors (Lipinski definition) is 2. The van der Waals surface area contributed by atoms with E-state index in [0.717, 1.165) is 5.56 Å². The Morgan fingerprint density at radius 1 is 1.32 bits per heavy atom. The number of rotatable bonds is 5. The van der Waals surface area contributed by atoms with Gasteiger partial charge in [-0.3, -0.25) is 4.79 Å². The highest BCUT2D eigenvalue weighted by atomic mass is 19.4. The van der Waals surface area contributed by atoms with Crippen LogP contribution in [-0.4, -0.2) is 37.1 Å². The van der Waals surface area contributed by atoms with Crippen molar-refractivity contribution in [2.45, 2.75) is 19.1 Å². The van der Waals surface area contributed by atoms with Crippen LogP contribution in [0.3, 0.4) is 0 Å². The third kappa shape index (κ3) is 5.30.